The van der Waals surface area contributed by atoms with E-state index >= 15 is 0 Å². The molecule has 0 saturated carbocycles. The molecule has 1 aromatic carbocycles. The molecule has 0 spiro atoms. The number of carbonyl (C=O) groups is 1. The maximum atomic E-state index is 12.3. The van der Waals surface area contributed by atoms with Gasteiger partial charge in [0.1, 0.15) is 0 Å². The summed E-state index contributed by atoms with van der Waals surface area (Å²) in [4.78, 5) is 16.4. The first-order valence-corrected chi connectivity index (χ1v) is 8.27. The number of nitrogens with zero attached hydrogens (tertiary/aromatic N) is 2. The summed E-state index contributed by atoms with van der Waals surface area (Å²) in [6.45, 7) is 4.89. The van der Waals surface area contributed by atoms with Crippen LogP contribution in [0.1, 0.15) is 24.9 Å². The van der Waals surface area contributed by atoms with Crippen LogP contribution < -0.4 is 5.32 Å². The molecule has 0 unspecified atom stereocenters. The van der Waals surface area contributed by atoms with Gasteiger partial charge in [-0.05, 0) is 50.6 Å². The Balaban J connectivity index is 1.88. The lowest BCUT2D eigenvalue weighted by molar-refractivity contribution is 0.197. The maximum absolute atomic E-state index is 12.3. The lowest BCUT2D eigenvalue weighted by atomic mass is 10.1. The molecule has 1 aliphatic rings. The fourth-order valence-corrected chi connectivity index (χ4v) is 3.11. The number of hydrogen-bond acceptors (Lipinski definition) is 2. The molecule has 0 aromatic heterocycles. The molecule has 22 heavy (non-hydrogen) atoms. The third kappa shape index (κ3) is 4.51. The highest BCUT2D eigenvalue weighted by Gasteiger charge is 2.23. The third-order valence-electron chi connectivity index (χ3n) is 4.15. The number of amides is 2. The maximum Gasteiger partial charge on any atom is 0.317 e. The quantitative estimate of drug-likeness (QED) is 0.905. The minimum atomic E-state index is -0.115. The van der Waals surface area contributed by atoms with E-state index in [2.05, 4.69) is 17.3 Å². The van der Waals surface area contributed by atoms with E-state index in [9.17, 15) is 4.79 Å². The van der Waals surface area contributed by atoms with Crippen LogP contribution in [-0.2, 0) is 0 Å². The number of urea groups is 1. The molecule has 2 atom stereocenters. The van der Waals surface area contributed by atoms with Crippen molar-refractivity contribution in [1.82, 2.24) is 15.1 Å². The number of halogens is 2. The molecular formula is C16H23Cl2N3O. The Kier molecular flexibility index (Phi) is 5.95. The van der Waals surface area contributed by atoms with E-state index in [0.717, 1.165) is 31.6 Å². The van der Waals surface area contributed by atoms with Crippen molar-refractivity contribution in [3.05, 3.63) is 33.8 Å². The Hall–Kier alpha value is -0.970. The van der Waals surface area contributed by atoms with E-state index in [4.69, 9.17) is 23.2 Å². The van der Waals surface area contributed by atoms with Crippen molar-refractivity contribution in [3.8, 4) is 0 Å². The summed E-state index contributed by atoms with van der Waals surface area (Å²) < 4.78 is 0. The summed E-state index contributed by atoms with van der Waals surface area (Å²) in [6.07, 6.45) is 1.15. The predicted molar refractivity (Wildman–Crippen MR) is 91.6 cm³/mol. The normalized spacial score (nSPS) is 20.0. The minimum Gasteiger partial charge on any atom is -0.331 e. The summed E-state index contributed by atoms with van der Waals surface area (Å²) in [5, 5.41) is 4.02. The Morgan fingerprint density at radius 2 is 2.18 bits per heavy atom. The zero-order valence-corrected chi connectivity index (χ0v) is 14.8. The second-order valence-electron chi connectivity index (χ2n) is 6.14. The first kappa shape index (κ1) is 17.4. The number of likely N-dealkylation sites (tertiary alicyclic amines) is 1. The SMILES string of the molecule is C[C@H](NC(=O)N(C)C[C@@H]1CCN(C)C1)c1ccc(Cl)c(Cl)c1. The van der Waals surface area contributed by atoms with Gasteiger partial charge in [0.25, 0.3) is 0 Å². The Morgan fingerprint density at radius 3 is 2.77 bits per heavy atom. The molecule has 2 rings (SSSR count). The first-order valence-electron chi connectivity index (χ1n) is 7.52. The third-order valence-corrected chi connectivity index (χ3v) is 4.89. The van der Waals surface area contributed by atoms with Crippen LogP contribution in [0, 0.1) is 5.92 Å². The van der Waals surface area contributed by atoms with Gasteiger partial charge in [0, 0.05) is 20.1 Å². The standard InChI is InChI=1S/C16H23Cl2N3O/c1-11(13-4-5-14(17)15(18)8-13)19-16(22)21(3)10-12-6-7-20(2)9-12/h4-5,8,11-12H,6-7,9-10H2,1-3H3,(H,19,22)/t11-,12+/m0/s1. The van der Waals surface area contributed by atoms with Crippen molar-refractivity contribution in [2.24, 2.45) is 5.92 Å². The summed E-state index contributed by atoms with van der Waals surface area (Å²) in [5.41, 5.74) is 0.941. The lowest BCUT2D eigenvalue weighted by Crippen LogP contribution is -2.41. The van der Waals surface area contributed by atoms with Crippen molar-refractivity contribution in [3.63, 3.8) is 0 Å². The van der Waals surface area contributed by atoms with Crippen LogP contribution in [0.5, 0.6) is 0 Å². The number of benzene rings is 1. The molecule has 1 heterocycles. The summed E-state index contributed by atoms with van der Waals surface area (Å²) in [7, 11) is 3.96. The van der Waals surface area contributed by atoms with Crippen LogP contribution in [0.15, 0.2) is 18.2 Å². The van der Waals surface area contributed by atoms with Gasteiger partial charge in [0.2, 0.25) is 0 Å². The van der Waals surface area contributed by atoms with Gasteiger partial charge in [-0.2, -0.15) is 0 Å². The van der Waals surface area contributed by atoms with Gasteiger partial charge < -0.3 is 15.1 Å². The summed E-state index contributed by atoms with van der Waals surface area (Å²) in [6, 6.07) is 5.25. The van der Waals surface area contributed by atoms with Gasteiger partial charge in [-0.1, -0.05) is 29.3 Å². The van der Waals surface area contributed by atoms with E-state index in [1.54, 1.807) is 17.0 Å². The Bertz CT molecular complexity index is 538. The number of hydrogen-bond donors (Lipinski definition) is 1. The molecule has 1 fully saturated rings. The monoisotopic (exact) mass is 343 g/mol. The van der Waals surface area contributed by atoms with Gasteiger partial charge in [-0.25, -0.2) is 4.79 Å². The van der Waals surface area contributed by atoms with E-state index in [1.165, 1.54) is 0 Å². The van der Waals surface area contributed by atoms with Crippen LogP contribution in [0.2, 0.25) is 10.0 Å². The van der Waals surface area contributed by atoms with Crippen LogP contribution in [0.3, 0.4) is 0 Å². The van der Waals surface area contributed by atoms with Gasteiger partial charge in [-0.3, -0.25) is 0 Å². The van der Waals surface area contributed by atoms with Crippen molar-refractivity contribution in [2.75, 3.05) is 33.7 Å². The average molecular weight is 344 g/mol. The largest absolute Gasteiger partial charge is 0.331 e. The molecule has 4 nitrogen and oxygen atoms in total. The number of rotatable bonds is 4. The van der Waals surface area contributed by atoms with Crippen LogP contribution in [0.25, 0.3) is 0 Å². The molecule has 1 N–H and O–H groups in total. The van der Waals surface area contributed by atoms with Gasteiger partial charge in [-0.15, -0.1) is 0 Å². The molecular weight excluding hydrogens is 321 g/mol. The Morgan fingerprint density at radius 1 is 1.45 bits per heavy atom. The molecule has 0 bridgehead atoms. The second-order valence-corrected chi connectivity index (χ2v) is 6.96. The van der Waals surface area contributed by atoms with Crippen molar-refractivity contribution >= 4 is 29.2 Å². The lowest BCUT2D eigenvalue weighted by Gasteiger charge is -2.24. The zero-order chi connectivity index (χ0) is 16.3. The van der Waals surface area contributed by atoms with Crippen molar-refractivity contribution < 1.29 is 4.79 Å². The molecule has 122 valence electrons. The van der Waals surface area contributed by atoms with Crippen LogP contribution in [-0.4, -0.2) is 49.6 Å². The van der Waals surface area contributed by atoms with E-state index in [-0.39, 0.29) is 12.1 Å². The van der Waals surface area contributed by atoms with Gasteiger partial charge in [0.05, 0.1) is 16.1 Å². The van der Waals surface area contributed by atoms with Crippen LogP contribution in [0.4, 0.5) is 4.79 Å². The van der Waals surface area contributed by atoms with Crippen LogP contribution >= 0.6 is 23.2 Å². The molecule has 2 amide bonds. The number of carbonyl (C=O) groups excluding carboxylic acids is 1. The fraction of sp³-hybridized carbons (Fsp3) is 0.562. The van der Waals surface area contributed by atoms with Crippen molar-refractivity contribution in [1.29, 1.82) is 0 Å². The van der Waals surface area contributed by atoms with E-state index < -0.39 is 0 Å². The van der Waals surface area contributed by atoms with E-state index in [0.29, 0.717) is 16.0 Å². The first-order chi connectivity index (χ1) is 10.4. The molecule has 1 aliphatic heterocycles. The second kappa shape index (κ2) is 7.53. The number of nitrogens with one attached hydrogen (secondary N) is 1. The molecule has 1 aromatic rings. The van der Waals surface area contributed by atoms with Crippen molar-refractivity contribution in [2.45, 2.75) is 19.4 Å². The van der Waals surface area contributed by atoms with E-state index in [1.807, 2.05) is 20.0 Å². The topological polar surface area (TPSA) is 35.6 Å². The van der Waals surface area contributed by atoms with Gasteiger partial charge >= 0.3 is 6.03 Å². The highest BCUT2D eigenvalue weighted by molar-refractivity contribution is 6.42. The molecule has 0 aliphatic carbocycles. The minimum absolute atomic E-state index is 0.0619. The molecule has 1 saturated heterocycles. The predicted octanol–water partition coefficient (Wildman–Crippen LogP) is 3.65. The fourth-order valence-electron chi connectivity index (χ4n) is 2.81. The highest BCUT2D eigenvalue weighted by Crippen LogP contribution is 2.25. The Labute approximate surface area is 142 Å². The smallest absolute Gasteiger partial charge is 0.317 e. The average Bonchev–Trinajstić information content (AvgIpc) is 2.86. The molecule has 0 radical (unpaired) electrons. The molecule has 6 heteroatoms. The van der Waals surface area contributed by atoms with Gasteiger partial charge in [0.15, 0.2) is 0 Å². The summed E-state index contributed by atoms with van der Waals surface area (Å²) >= 11 is 11.9. The zero-order valence-electron chi connectivity index (χ0n) is 13.3. The summed E-state index contributed by atoms with van der Waals surface area (Å²) in [5.74, 6) is 0.557. The highest BCUT2D eigenvalue weighted by atomic mass is 35.5.